The molecule has 6 N–H and O–H groups in total. The van der Waals surface area contributed by atoms with Crippen LogP contribution >= 0.6 is 11.6 Å². The number of carboxylic acid groups (broad SMARTS) is 2. The van der Waals surface area contributed by atoms with Crippen LogP contribution in [0.5, 0.6) is 0 Å². The van der Waals surface area contributed by atoms with Crippen LogP contribution in [0.25, 0.3) is 0 Å². The topological polar surface area (TPSA) is 225 Å². The number of halogens is 7. The third-order valence-electron chi connectivity index (χ3n) is 7.33. The molecule has 0 saturated carbocycles. The van der Waals surface area contributed by atoms with Gasteiger partial charge in [-0.05, 0) is 61.6 Å². The minimum Gasteiger partial charge on any atom is -0.475 e. The number of oxazole rings is 1. The summed E-state index contributed by atoms with van der Waals surface area (Å²) >= 11 is 6.35. The van der Waals surface area contributed by atoms with Crippen LogP contribution in [0.4, 0.5) is 60.0 Å². The number of nitrogens with zero attached hydrogens (tertiary/aromatic N) is 5. The quantitative estimate of drug-likeness (QED) is 0.137. The second-order valence-electron chi connectivity index (χ2n) is 11.3. The Labute approximate surface area is 305 Å². The van der Waals surface area contributed by atoms with E-state index in [0.717, 1.165) is 22.5 Å². The molecule has 54 heavy (non-hydrogen) atoms. The Morgan fingerprint density at radius 2 is 1.63 bits per heavy atom. The number of hydrogen-bond acceptors (Lipinski definition) is 11. The van der Waals surface area contributed by atoms with Gasteiger partial charge in [0.2, 0.25) is 11.7 Å². The molecule has 0 unspecified atom stereocenters. The summed E-state index contributed by atoms with van der Waals surface area (Å²) in [4.78, 5) is 62.3. The average molecular weight is 788 g/mol. The minimum absolute atomic E-state index is 0.186. The van der Waals surface area contributed by atoms with Crippen molar-refractivity contribution in [2.24, 2.45) is 0 Å². The van der Waals surface area contributed by atoms with E-state index < -0.39 is 24.3 Å². The Morgan fingerprint density at radius 3 is 2.26 bits per heavy atom. The highest BCUT2D eigenvalue weighted by Gasteiger charge is 2.39. The van der Waals surface area contributed by atoms with Gasteiger partial charge in [-0.25, -0.2) is 24.4 Å². The van der Waals surface area contributed by atoms with Crippen LogP contribution < -0.4 is 21.3 Å². The van der Waals surface area contributed by atoms with Gasteiger partial charge in [-0.3, -0.25) is 9.78 Å². The summed E-state index contributed by atoms with van der Waals surface area (Å²) in [5.41, 5.74) is 4.70. The van der Waals surface area contributed by atoms with Gasteiger partial charge >= 0.3 is 30.3 Å². The van der Waals surface area contributed by atoms with Crippen LogP contribution in [-0.4, -0.2) is 90.4 Å². The van der Waals surface area contributed by atoms with Gasteiger partial charge in [-0.1, -0.05) is 11.6 Å². The van der Waals surface area contributed by atoms with Gasteiger partial charge in [-0.2, -0.15) is 31.3 Å². The highest BCUT2D eigenvalue weighted by atomic mass is 35.5. The molecule has 2 aliphatic rings. The first-order valence-electron chi connectivity index (χ1n) is 15.3. The molecule has 0 spiro atoms. The standard InChI is InChI=1S/C27H26ClN9O3.2C2HF3O2/c1-15-23(40-14-31-15)25(38)37-7-6-19(13-37)34-27(39)35-22-5-4-18-9-17(22)3-2-16-8-20(11-29-10-16)33-26-30-12-21(28)24(32-18)36-26;2*3-2(4,5)1(6)7/h4-5,8-12,14,19H,2-3,6-7,13H2,1H3,(H2,34,35,39)(H2,30,32,33,36);2*(H,6,7)/t19-;;/m0../s1. The Hall–Kier alpha value is -6.19. The lowest BCUT2D eigenvalue weighted by atomic mass is 10.0. The van der Waals surface area contributed by atoms with Crippen LogP contribution in [0.2, 0.25) is 5.02 Å². The molecule has 4 aromatic rings. The van der Waals surface area contributed by atoms with E-state index in [9.17, 15) is 35.9 Å². The van der Waals surface area contributed by atoms with Gasteiger partial charge in [0.15, 0.2) is 12.2 Å². The first-order chi connectivity index (χ1) is 25.3. The predicted molar refractivity (Wildman–Crippen MR) is 177 cm³/mol. The lowest BCUT2D eigenvalue weighted by Crippen LogP contribution is -2.40. The van der Waals surface area contributed by atoms with Crippen LogP contribution in [0, 0.1) is 6.92 Å². The molecule has 1 aromatic carbocycles. The van der Waals surface area contributed by atoms with Gasteiger partial charge in [0, 0.05) is 36.7 Å². The molecule has 16 nitrogen and oxygen atoms in total. The van der Waals surface area contributed by atoms with Gasteiger partial charge in [-0.15, -0.1) is 0 Å². The van der Waals surface area contributed by atoms with Crippen molar-refractivity contribution in [1.82, 2.24) is 30.2 Å². The van der Waals surface area contributed by atoms with E-state index in [4.69, 9.17) is 35.8 Å². The van der Waals surface area contributed by atoms with Crippen LogP contribution in [-0.2, 0) is 22.4 Å². The number of benzene rings is 1. The molecule has 3 amide bonds. The smallest absolute Gasteiger partial charge is 0.475 e. The largest absolute Gasteiger partial charge is 0.490 e. The number of hydrogen-bond donors (Lipinski definition) is 6. The highest BCUT2D eigenvalue weighted by molar-refractivity contribution is 6.32. The molecular formula is C31H28ClF6N9O7. The summed E-state index contributed by atoms with van der Waals surface area (Å²) in [6, 6.07) is 7.12. The number of carbonyl (C=O) groups excluding carboxylic acids is 2. The van der Waals surface area contributed by atoms with E-state index in [1.807, 2.05) is 30.5 Å². The number of likely N-dealkylation sites (tertiary alicyclic amines) is 1. The van der Waals surface area contributed by atoms with Crippen molar-refractivity contribution in [2.75, 3.05) is 29.0 Å². The van der Waals surface area contributed by atoms with E-state index in [2.05, 4.69) is 41.2 Å². The first-order valence-corrected chi connectivity index (χ1v) is 15.7. The molecule has 5 heterocycles. The molecule has 1 saturated heterocycles. The summed E-state index contributed by atoms with van der Waals surface area (Å²) in [7, 11) is 0. The fourth-order valence-corrected chi connectivity index (χ4v) is 4.95. The summed E-state index contributed by atoms with van der Waals surface area (Å²) < 4.78 is 68.7. The molecule has 288 valence electrons. The van der Waals surface area contributed by atoms with E-state index in [1.165, 1.54) is 12.6 Å². The van der Waals surface area contributed by atoms with Crippen molar-refractivity contribution >= 4 is 64.3 Å². The number of aliphatic carboxylic acids is 2. The minimum atomic E-state index is -5.08. The lowest BCUT2D eigenvalue weighted by Gasteiger charge is -2.18. The molecule has 0 aliphatic carbocycles. The second kappa shape index (κ2) is 17.1. The lowest BCUT2D eigenvalue weighted by molar-refractivity contribution is -0.193. The third-order valence-corrected chi connectivity index (χ3v) is 7.61. The number of carboxylic acids is 2. The van der Waals surface area contributed by atoms with Crippen molar-refractivity contribution in [2.45, 2.75) is 44.6 Å². The zero-order chi connectivity index (χ0) is 39.8. The SMILES string of the molecule is Cc1ncoc1C(=O)N1CC[C@H](NC(=O)Nc2ccc3cc2CCc2cncc(c2)Nc2ncc(Cl)c(n2)N3)C1.O=C(O)C(F)(F)F.O=C(O)C(F)(F)F. The Bertz CT molecular complexity index is 1990. The summed E-state index contributed by atoms with van der Waals surface area (Å²) in [5.74, 6) is -4.66. The van der Waals surface area contributed by atoms with E-state index in [-0.39, 0.29) is 23.7 Å². The number of carbonyl (C=O) groups is 4. The highest BCUT2D eigenvalue weighted by Crippen LogP contribution is 2.29. The van der Waals surface area contributed by atoms with E-state index >= 15 is 0 Å². The fraction of sp³-hybridized carbons (Fsp3) is 0.290. The molecule has 3 aromatic heterocycles. The number of fused-ring (bicyclic) bond motifs is 6. The second-order valence-corrected chi connectivity index (χ2v) is 11.7. The molecule has 6 rings (SSSR count). The zero-order valence-electron chi connectivity index (χ0n) is 27.5. The number of aromatic nitrogens is 4. The van der Waals surface area contributed by atoms with Gasteiger partial charge in [0.25, 0.3) is 5.91 Å². The van der Waals surface area contributed by atoms with Crippen molar-refractivity contribution < 1.29 is 60.2 Å². The molecule has 6 bridgehead atoms. The third kappa shape index (κ3) is 11.4. The number of nitrogens with one attached hydrogen (secondary N) is 4. The summed E-state index contributed by atoms with van der Waals surface area (Å²) in [6.45, 7) is 2.64. The van der Waals surface area contributed by atoms with Gasteiger partial charge in [0.1, 0.15) is 5.02 Å². The number of urea groups is 1. The van der Waals surface area contributed by atoms with Crippen molar-refractivity contribution in [3.63, 3.8) is 0 Å². The number of aryl methyl sites for hydroxylation is 3. The average Bonchev–Trinajstić information content (AvgIpc) is 3.74. The molecular weight excluding hydrogens is 760 g/mol. The Morgan fingerprint density at radius 1 is 0.944 bits per heavy atom. The maximum Gasteiger partial charge on any atom is 0.490 e. The monoisotopic (exact) mass is 787 g/mol. The summed E-state index contributed by atoms with van der Waals surface area (Å²) in [6.07, 6.45) is -1.87. The number of amides is 3. The molecule has 2 aliphatic heterocycles. The van der Waals surface area contributed by atoms with E-state index in [1.54, 1.807) is 18.0 Å². The van der Waals surface area contributed by atoms with Crippen LogP contribution in [0.1, 0.15) is 33.8 Å². The zero-order valence-corrected chi connectivity index (χ0v) is 28.3. The predicted octanol–water partition coefficient (Wildman–Crippen LogP) is 5.71. The van der Waals surface area contributed by atoms with Crippen LogP contribution in [0.15, 0.2) is 53.7 Å². The van der Waals surface area contributed by atoms with E-state index in [0.29, 0.717) is 60.5 Å². The van der Waals surface area contributed by atoms with Crippen molar-refractivity contribution in [1.29, 1.82) is 0 Å². The molecule has 1 atom stereocenters. The number of pyridine rings is 1. The van der Waals surface area contributed by atoms with Gasteiger partial charge in [0.05, 0.1) is 23.8 Å². The number of rotatable bonds is 3. The van der Waals surface area contributed by atoms with Crippen molar-refractivity contribution in [3.8, 4) is 0 Å². The molecule has 0 radical (unpaired) electrons. The maximum absolute atomic E-state index is 13.0. The first kappa shape index (κ1) is 40.6. The maximum atomic E-state index is 13.0. The Kier molecular flexibility index (Phi) is 12.8. The fourth-order valence-electron chi connectivity index (χ4n) is 4.81. The van der Waals surface area contributed by atoms with Crippen molar-refractivity contribution in [3.05, 3.63) is 76.9 Å². The number of alkyl halides is 6. The van der Waals surface area contributed by atoms with Crippen LogP contribution in [0.3, 0.4) is 0 Å². The molecule has 23 heteroatoms. The molecule has 1 fully saturated rings. The summed E-state index contributed by atoms with van der Waals surface area (Å²) in [5, 5.41) is 27.0. The number of anilines is 5. The van der Waals surface area contributed by atoms with Gasteiger partial charge < -0.3 is 40.8 Å². The normalized spacial score (nSPS) is 14.8. The Balaban J connectivity index is 0.000000396.